The Morgan fingerprint density at radius 2 is 2.00 bits per heavy atom. The summed E-state index contributed by atoms with van der Waals surface area (Å²) in [5.41, 5.74) is 2.51. The highest BCUT2D eigenvalue weighted by molar-refractivity contribution is 5.31. The first-order valence-corrected chi connectivity index (χ1v) is 6.95. The SMILES string of the molecule is CCCC1=CCC(C(C)c2ccccc2)=C(OC)O1. The summed E-state index contributed by atoms with van der Waals surface area (Å²) in [4.78, 5) is 0. The van der Waals surface area contributed by atoms with Gasteiger partial charge in [-0.25, -0.2) is 0 Å². The maximum Gasteiger partial charge on any atom is 0.284 e. The fraction of sp³-hybridized carbons (Fsp3) is 0.412. The number of ether oxygens (including phenoxy) is 2. The fourth-order valence-electron chi connectivity index (χ4n) is 2.40. The van der Waals surface area contributed by atoms with E-state index in [9.17, 15) is 0 Å². The smallest absolute Gasteiger partial charge is 0.284 e. The number of hydrogen-bond donors (Lipinski definition) is 0. The Morgan fingerprint density at radius 3 is 2.63 bits per heavy atom. The van der Waals surface area contributed by atoms with Crippen molar-refractivity contribution in [3.05, 3.63) is 59.2 Å². The summed E-state index contributed by atoms with van der Waals surface area (Å²) >= 11 is 0. The highest BCUT2D eigenvalue weighted by Crippen LogP contribution is 2.34. The van der Waals surface area contributed by atoms with Crippen LogP contribution in [0, 0.1) is 0 Å². The van der Waals surface area contributed by atoms with Gasteiger partial charge in [0.05, 0.1) is 7.11 Å². The molecule has 0 bridgehead atoms. The van der Waals surface area contributed by atoms with Gasteiger partial charge in [0, 0.05) is 17.9 Å². The molecule has 1 atom stereocenters. The van der Waals surface area contributed by atoms with Crippen molar-refractivity contribution in [3.63, 3.8) is 0 Å². The third-order valence-electron chi connectivity index (χ3n) is 3.54. The molecule has 1 aromatic carbocycles. The minimum Gasteiger partial charge on any atom is -0.468 e. The molecule has 2 heteroatoms. The van der Waals surface area contributed by atoms with E-state index in [1.807, 2.05) is 6.07 Å². The van der Waals surface area contributed by atoms with Gasteiger partial charge in [-0.3, -0.25) is 0 Å². The molecule has 0 aliphatic carbocycles. The average molecular weight is 258 g/mol. The second-order valence-corrected chi connectivity index (χ2v) is 4.88. The molecule has 0 amide bonds. The van der Waals surface area contributed by atoms with E-state index < -0.39 is 0 Å². The van der Waals surface area contributed by atoms with E-state index in [1.54, 1.807) is 7.11 Å². The van der Waals surface area contributed by atoms with E-state index >= 15 is 0 Å². The second kappa shape index (κ2) is 6.46. The van der Waals surface area contributed by atoms with Gasteiger partial charge in [-0.2, -0.15) is 0 Å². The van der Waals surface area contributed by atoms with Gasteiger partial charge in [0.2, 0.25) is 0 Å². The summed E-state index contributed by atoms with van der Waals surface area (Å²) in [7, 11) is 1.68. The molecule has 0 fully saturated rings. The Labute approximate surface area is 115 Å². The first-order valence-electron chi connectivity index (χ1n) is 6.95. The van der Waals surface area contributed by atoms with Crippen LogP contribution < -0.4 is 0 Å². The molecule has 0 aromatic heterocycles. The zero-order valence-electron chi connectivity index (χ0n) is 12.0. The van der Waals surface area contributed by atoms with Gasteiger partial charge < -0.3 is 9.47 Å². The lowest BCUT2D eigenvalue weighted by atomic mass is 9.90. The normalized spacial score (nSPS) is 16.7. The molecule has 0 N–H and O–H groups in total. The number of methoxy groups -OCH3 is 1. The lowest BCUT2D eigenvalue weighted by molar-refractivity contribution is 0.0873. The Balaban J connectivity index is 2.19. The van der Waals surface area contributed by atoms with Crippen LogP contribution >= 0.6 is 0 Å². The predicted octanol–water partition coefficient (Wildman–Crippen LogP) is 4.75. The maximum absolute atomic E-state index is 5.85. The zero-order valence-corrected chi connectivity index (χ0v) is 12.0. The van der Waals surface area contributed by atoms with Gasteiger partial charge in [0.1, 0.15) is 5.76 Å². The lowest BCUT2D eigenvalue weighted by Gasteiger charge is -2.24. The first-order chi connectivity index (χ1) is 9.26. The van der Waals surface area contributed by atoms with E-state index in [1.165, 1.54) is 11.1 Å². The molecule has 1 aliphatic rings. The number of rotatable bonds is 5. The molecule has 2 rings (SSSR count). The van der Waals surface area contributed by atoms with Crippen molar-refractivity contribution in [1.29, 1.82) is 0 Å². The topological polar surface area (TPSA) is 18.5 Å². The summed E-state index contributed by atoms with van der Waals surface area (Å²) < 4.78 is 11.3. The summed E-state index contributed by atoms with van der Waals surface area (Å²) in [5.74, 6) is 2.03. The largest absolute Gasteiger partial charge is 0.468 e. The third-order valence-corrected chi connectivity index (χ3v) is 3.54. The minimum absolute atomic E-state index is 0.315. The molecule has 1 aromatic rings. The summed E-state index contributed by atoms with van der Waals surface area (Å²) in [6.45, 7) is 4.36. The van der Waals surface area contributed by atoms with Crippen LogP contribution in [0.2, 0.25) is 0 Å². The van der Waals surface area contributed by atoms with E-state index in [4.69, 9.17) is 9.47 Å². The van der Waals surface area contributed by atoms with Crippen LogP contribution in [0.4, 0.5) is 0 Å². The maximum atomic E-state index is 5.85. The Hall–Kier alpha value is -1.70. The first kappa shape index (κ1) is 13.7. The average Bonchev–Trinajstić information content (AvgIpc) is 2.47. The van der Waals surface area contributed by atoms with E-state index in [0.29, 0.717) is 11.9 Å². The molecule has 2 nitrogen and oxygen atoms in total. The summed E-state index contributed by atoms with van der Waals surface area (Å²) in [5, 5.41) is 0. The van der Waals surface area contributed by atoms with Gasteiger partial charge in [0.25, 0.3) is 5.95 Å². The summed E-state index contributed by atoms with van der Waals surface area (Å²) in [6.07, 6.45) is 5.15. The highest BCUT2D eigenvalue weighted by Gasteiger charge is 2.22. The molecular formula is C17H22O2. The van der Waals surface area contributed by atoms with Crippen LogP contribution in [0.15, 0.2) is 53.7 Å². The van der Waals surface area contributed by atoms with Gasteiger partial charge >= 0.3 is 0 Å². The predicted molar refractivity (Wildman–Crippen MR) is 77.6 cm³/mol. The Kier molecular flexibility index (Phi) is 4.67. The van der Waals surface area contributed by atoms with Crippen LogP contribution in [0.5, 0.6) is 0 Å². The van der Waals surface area contributed by atoms with Crippen LogP contribution in [-0.2, 0) is 9.47 Å². The van der Waals surface area contributed by atoms with Crippen molar-refractivity contribution in [3.8, 4) is 0 Å². The van der Waals surface area contributed by atoms with Crippen molar-refractivity contribution < 1.29 is 9.47 Å². The van der Waals surface area contributed by atoms with Crippen molar-refractivity contribution in [1.82, 2.24) is 0 Å². The van der Waals surface area contributed by atoms with Gasteiger partial charge in [-0.15, -0.1) is 0 Å². The van der Waals surface area contributed by atoms with Crippen LogP contribution in [0.25, 0.3) is 0 Å². The quantitative estimate of drug-likeness (QED) is 0.758. The number of allylic oxidation sites excluding steroid dienone is 3. The molecule has 19 heavy (non-hydrogen) atoms. The van der Waals surface area contributed by atoms with Crippen molar-refractivity contribution >= 4 is 0 Å². The van der Waals surface area contributed by atoms with Gasteiger partial charge in [-0.1, -0.05) is 44.2 Å². The van der Waals surface area contributed by atoms with Crippen LogP contribution in [-0.4, -0.2) is 7.11 Å². The standard InChI is InChI=1S/C17H22O2/c1-4-8-15-11-12-16(17(18-3)19-15)13(2)14-9-6-5-7-10-14/h5-7,9-11,13H,4,8,12H2,1-3H3. The summed E-state index contributed by atoms with van der Waals surface area (Å²) in [6, 6.07) is 10.5. The fourth-order valence-corrected chi connectivity index (χ4v) is 2.40. The molecule has 1 aliphatic heterocycles. The molecule has 1 heterocycles. The van der Waals surface area contributed by atoms with E-state index in [0.717, 1.165) is 25.0 Å². The van der Waals surface area contributed by atoms with Crippen molar-refractivity contribution in [2.75, 3.05) is 7.11 Å². The zero-order chi connectivity index (χ0) is 13.7. The third kappa shape index (κ3) is 3.19. The Morgan fingerprint density at radius 1 is 1.26 bits per heavy atom. The monoisotopic (exact) mass is 258 g/mol. The Bertz CT molecular complexity index is 471. The van der Waals surface area contributed by atoms with Crippen molar-refractivity contribution in [2.24, 2.45) is 0 Å². The van der Waals surface area contributed by atoms with Gasteiger partial charge in [0.15, 0.2) is 0 Å². The van der Waals surface area contributed by atoms with E-state index in [2.05, 4.69) is 44.2 Å². The molecule has 0 spiro atoms. The number of benzene rings is 1. The molecule has 0 saturated carbocycles. The van der Waals surface area contributed by atoms with Crippen molar-refractivity contribution in [2.45, 2.75) is 39.0 Å². The molecule has 0 saturated heterocycles. The van der Waals surface area contributed by atoms with Crippen LogP contribution in [0.3, 0.4) is 0 Å². The highest BCUT2D eigenvalue weighted by atomic mass is 16.7. The molecule has 0 radical (unpaired) electrons. The number of hydrogen-bond acceptors (Lipinski definition) is 2. The van der Waals surface area contributed by atoms with Gasteiger partial charge in [-0.05, 0) is 24.5 Å². The molecule has 1 unspecified atom stereocenters. The lowest BCUT2D eigenvalue weighted by Crippen LogP contribution is -2.10. The van der Waals surface area contributed by atoms with E-state index in [-0.39, 0.29) is 0 Å². The second-order valence-electron chi connectivity index (χ2n) is 4.88. The van der Waals surface area contributed by atoms with Crippen LogP contribution in [0.1, 0.15) is 44.6 Å². The molecular weight excluding hydrogens is 236 g/mol. The minimum atomic E-state index is 0.315. The molecule has 102 valence electrons.